The Labute approximate surface area is 204 Å². The minimum Gasteiger partial charge on any atom is -0.488 e. The zero-order chi connectivity index (χ0) is 24.4. The van der Waals surface area contributed by atoms with Crippen LogP contribution in [-0.2, 0) is 16.2 Å². The molecule has 0 bridgehead atoms. The molecule has 4 amide bonds. The van der Waals surface area contributed by atoms with Gasteiger partial charge in [0.2, 0.25) is 0 Å². The first-order valence-electron chi connectivity index (χ1n) is 10.4. The molecule has 1 saturated heterocycles. The molecule has 1 aliphatic rings. The number of aryl methyl sites for hydroxylation is 2. The smallest absolute Gasteiger partial charge is 0.335 e. The number of anilines is 1. The van der Waals surface area contributed by atoms with E-state index in [0.29, 0.717) is 32.6 Å². The number of carbonyl (C=O) groups is 3. The van der Waals surface area contributed by atoms with E-state index in [-0.39, 0.29) is 18.0 Å². The number of amides is 4. The van der Waals surface area contributed by atoms with Crippen molar-refractivity contribution in [3.8, 4) is 5.75 Å². The lowest BCUT2D eigenvalue weighted by molar-refractivity contribution is -0.122. The van der Waals surface area contributed by atoms with Gasteiger partial charge >= 0.3 is 6.03 Å². The third-order valence-electron chi connectivity index (χ3n) is 5.26. The number of hydrogen-bond acceptors (Lipinski definition) is 4. The molecule has 8 heteroatoms. The van der Waals surface area contributed by atoms with Crippen LogP contribution in [0.2, 0.25) is 0 Å². The van der Waals surface area contributed by atoms with E-state index in [4.69, 9.17) is 4.74 Å². The van der Waals surface area contributed by atoms with Gasteiger partial charge in [0.05, 0.1) is 5.69 Å². The number of hydrogen-bond donors (Lipinski definition) is 1. The van der Waals surface area contributed by atoms with Crippen LogP contribution in [0.15, 0.2) is 70.7 Å². The fraction of sp³-hybridized carbons (Fsp3) is 0.115. The number of imide groups is 2. The second kappa shape index (κ2) is 9.61. The molecular weight excluding hydrogens is 503 g/mol. The van der Waals surface area contributed by atoms with Gasteiger partial charge in [-0.3, -0.25) is 14.9 Å². The van der Waals surface area contributed by atoms with Crippen molar-refractivity contribution >= 4 is 45.5 Å². The monoisotopic (exact) mass is 522 g/mol. The van der Waals surface area contributed by atoms with Crippen LogP contribution in [0.25, 0.3) is 6.08 Å². The average molecular weight is 523 g/mol. The van der Waals surface area contributed by atoms with Crippen molar-refractivity contribution in [3.63, 3.8) is 0 Å². The third kappa shape index (κ3) is 4.92. The Bertz CT molecular complexity index is 1350. The number of ether oxygens (including phenoxy) is 1. The number of urea groups is 1. The van der Waals surface area contributed by atoms with Crippen molar-refractivity contribution in [2.24, 2.45) is 0 Å². The molecule has 3 aromatic rings. The van der Waals surface area contributed by atoms with Gasteiger partial charge in [0.15, 0.2) is 0 Å². The van der Waals surface area contributed by atoms with Crippen molar-refractivity contribution in [1.29, 1.82) is 0 Å². The molecule has 1 aliphatic heterocycles. The first kappa shape index (κ1) is 23.4. The van der Waals surface area contributed by atoms with Crippen molar-refractivity contribution in [2.75, 3.05) is 4.90 Å². The Morgan fingerprint density at radius 3 is 2.59 bits per heavy atom. The minimum absolute atomic E-state index is 0.0861. The van der Waals surface area contributed by atoms with Crippen LogP contribution in [0, 0.1) is 19.7 Å². The maximum absolute atomic E-state index is 13.5. The second-order valence-corrected chi connectivity index (χ2v) is 8.76. The van der Waals surface area contributed by atoms with E-state index in [1.54, 1.807) is 49.4 Å². The standard InChI is InChI=1S/C26H20BrFN2O4/c1-15-6-7-16(2)22(10-15)30-25(32)21(24(31)29-26(30)33)13-18-12-19(27)8-9-23(18)34-14-17-4-3-5-20(28)11-17/h3-13H,14H2,1-2H3,(H,29,31,33)/b21-13+. The molecule has 172 valence electrons. The van der Waals surface area contributed by atoms with Gasteiger partial charge in [0.25, 0.3) is 11.8 Å². The highest BCUT2D eigenvalue weighted by Gasteiger charge is 2.37. The van der Waals surface area contributed by atoms with E-state index in [1.807, 2.05) is 13.0 Å². The lowest BCUT2D eigenvalue weighted by atomic mass is 10.0. The summed E-state index contributed by atoms with van der Waals surface area (Å²) in [6.07, 6.45) is 1.38. The maximum atomic E-state index is 13.5. The predicted molar refractivity (Wildman–Crippen MR) is 130 cm³/mol. The third-order valence-corrected chi connectivity index (χ3v) is 5.76. The molecule has 1 heterocycles. The molecule has 0 spiro atoms. The molecule has 3 aromatic carbocycles. The molecule has 6 nitrogen and oxygen atoms in total. The highest BCUT2D eigenvalue weighted by molar-refractivity contribution is 9.10. The van der Waals surface area contributed by atoms with Gasteiger partial charge in [-0.25, -0.2) is 14.1 Å². The highest BCUT2D eigenvalue weighted by atomic mass is 79.9. The van der Waals surface area contributed by atoms with E-state index >= 15 is 0 Å². The lowest BCUT2D eigenvalue weighted by Gasteiger charge is -2.28. The largest absolute Gasteiger partial charge is 0.488 e. The van der Waals surface area contributed by atoms with Crippen molar-refractivity contribution in [2.45, 2.75) is 20.5 Å². The SMILES string of the molecule is Cc1ccc(C)c(N2C(=O)NC(=O)/C(=C\c3cc(Br)ccc3OCc3cccc(F)c3)C2=O)c1. The van der Waals surface area contributed by atoms with Gasteiger partial charge in [-0.05, 0) is 73.0 Å². The van der Waals surface area contributed by atoms with Crippen molar-refractivity contribution < 1.29 is 23.5 Å². The van der Waals surface area contributed by atoms with Crippen LogP contribution in [0.1, 0.15) is 22.3 Å². The van der Waals surface area contributed by atoms with Crippen molar-refractivity contribution in [3.05, 3.63) is 98.8 Å². The van der Waals surface area contributed by atoms with E-state index in [9.17, 15) is 18.8 Å². The van der Waals surface area contributed by atoms with Gasteiger partial charge in [0, 0.05) is 10.0 Å². The highest BCUT2D eigenvalue weighted by Crippen LogP contribution is 2.30. The molecule has 0 aromatic heterocycles. The molecular formula is C26H20BrFN2O4. The van der Waals surface area contributed by atoms with Gasteiger partial charge in [-0.1, -0.05) is 40.2 Å². The maximum Gasteiger partial charge on any atom is 0.335 e. The minimum atomic E-state index is -0.808. The van der Waals surface area contributed by atoms with Gasteiger partial charge in [-0.2, -0.15) is 0 Å². The van der Waals surface area contributed by atoms with Crippen molar-refractivity contribution in [1.82, 2.24) is 5.32 Å². The molecule has 0 unspecified atom stereocenters. The van der Waals surface area contributed by atoms with Crippen LogP contribution in [0.3, 0.4) is 0 Å². The summed E-state index contributed by atoms with van der Waals surface area (Å²) in [4.78, 5) is 39.5. The molecule has 34 heavy (non-hydrogen) atoms. The summed E-state index contributed by atoms with van der Waals surface area (Å²) in [6, 6.07) is 15.7. The average Bonchev–Trinajstić information content (AvgIpc) is 2.78. The fourth-order valence-corrected chi connectivity index (χ4v) is 3.92. The van der Waals surface area contributed by atoms with Gasteiger partial charge < -0.3 is 4.74 Å². The normalized spacial score (nSPS) is 15.0. The number of barbiturate groups is 1. The molecule has 1 fully saturated rings. The summed E-state index contributed by atoms with van der Waals surface area (Å²) < 4.78 is 20.1. The van der Waals surface area contributed by atoms with E-state index < -0.39 is 17.8 Å². The molecule has 4 rings (SSSR count). The lowest BCUT2D eigenvalue weighted by Crippen LogP contribution is -2.54. The Morgan fingerprint density at radius 2 is 1.82 bits per heavy atom. The Morgan fingerprint density at radius 1 is 1.03 bits per heavy atom. The van der Waals surface area contributed by atoms with Crippen LogP contribution in [-0.4, -0.2) is 17.8 Å². The van der Waals surface area contributed by atoms with Crippen LogP contribution >= 0.6 is 15.9 Å². The van der Waals surface area contributed by atoms with Crippen LogP contribution < -0.4 is 15.0 Å². The molecule has 0 atom stereocenters. The van der Waals surface area contributed by atoms with E-state index in [2.05, 4.69) is 21.2 Å². The molecule has 1 N–H and O–H groups in total. The number of nitrogens with one attached hydrogen (secondary N) is 1. The first-order chi connectivity index (χ1) is 16.2. The Balaban J connectivity index is 1.70. The fourth-order valence-electron chi connectivity index (χ4n) is 3.54. The zero-order valence-corrected chi connectivity index (χ0v) is 20.0. The Kier molecular flexibility index (Phi) is 6.61. The number of carbonyl (C=O) groups excluding carboxylic acids is 3. The number of benzene rings is 3. The topological polar surface area (TPSA) is 75.7 Å². The van der Waals surface area contributed by atoms with E-state index in [1.165, 1.54) is 18.2 Å². The summed E-state index contributed by atoms with van der Waals surface area (Å²) in [5, 5.41) is 2.24. The van der Waals surface area contributed by atoms with Crippen LogP contribution in [0.4, 0.5) is 14.9 Å². The molecule has 0 saturated carbocycles. The summed E-state index contributed by atoms with van der Waals surface area (Å²) in [6.45, 7) is 3.71. The number of halogens is 2. The quantitative estimate of drug-likeness (QED) is 0.357. The first-order valence-corrected chi connectivity index (χ1v) is 11.2. The predicted octanol–water partition coefficient (Wildman–Crippen LogP) is 5.45. The summed E-state index contributed by atoms with van der Waals surface area (Å²) in [7, 11) is 0. The van der Waals surface area contributed by atoms with Gasteiger partial charge in [0.1, 0.15) is 23.7 Å². The summed E-state index contributed by atoms with van der Waals surface area (Å²) >= 11 is 3.39. The summed E-state index contributed by atoms with van der Waals surface area (Å²) in [5.74, 6) is -1.53. The molecule has 0 aliphatic carbocycles. The number of rotatable bonds is 5. The van der Waals surface area contributed by atoms with Crippen LogP contribution in [0.5, 0.6) is 5.75 Å². The molecule has 0 radical (unpaired) electrons. The van der Waals surface area contributed by atoms with E-state index in [0.717, 1.165) is 10.5 Å². The Hall–Kier alpha value is -3.78. The second-order valence-electron chi connectivity index (χ2n) is 7.85. The number of nitrogens with zero attached hydrogens (tertiary/aromatic N) is 1. The van der Waals surface area contributed by atoms with Gasteiger partial charge in [-0.15, -0.1) is 0 Å². The zero-order valence-electron chi connectivity index (χ0n) is 18.4. The summed E-state index contributed by atoms with van der Waals surface area (Å²) in [5.41, 5.74) is 2.83.